The Labute approximate surface area is 53.4 Å². The van der Waals surface area contributed by atoms with Gasteiger partial charge < -0.3 is 10.2 Å². The largest absolute Gasteiger partial charge is 0.481 e. The van der Waals surface area contributed by atoms with Crippen LogP contribution >= 0.6 is 0 Å². The van der Waals surface area contributed by atoms with Crippen molar-refractivity contribution in [2.24, 2.45) is 0 Å². The molecule has 0 amide bonds. The molecule has 0 aromatic heterocycles. The first-order chi connectivity index (χ1) is 4.34. The summed E-state index contributed by atoms with van der Waals surface area (Å²) in [4.78, 5) is 0. The molecule has 0 aliphatic heterocycles. The smallest absolute Gasteiger partial charge is 0.292 e. The maximum atomic E-state index is 8.89. The quantitative estimate of drug-likeness (QED) is 0.504. The fraction of sp³-hybridized carbons (Fsp3) is 0.143. The molecule has 0 spiro atoms. The molecular weight excluding hydrogens is 116 g/mol. The highest BCUT2D eigenvalue weighted by Gasteiger charge is 2.11. The molecule has 0 saturated carbocycles. The number of rotatable bonds is 1. The summed E-state index contributed by atoms with van der Waals surface area (Å²) in [5, 5.41) is 17.4. The van der Waals surface area contributed by atoms with Crippen LogP contribution in [0.2, 0.25) is 0 Å². The second-order valence-corrected chi connectivity index (χ2v) is 1.70. The Hall–Kier alpha value is -1.11. The third kappa shape index (κ3) is 1.17. The van der Waals surface area contributed by atoms with Crippen molar-refractivity contribution in [1.29, 1.82) is 0 Å². The minimum Gasteiger partial charge on any atom is -0.481 e. The molecule has 0 heterocycles. The molecule has 0 radical (unpaired) electrons. The van der Waals surface area contributed by atoms with Gasteiger partial charge in [-0.25, -0.2) is 0 Å². The predicted molar refractivity (Wildman–Crippen MR) is 33.7 cm³/mol. The molecule has 0 atom stereocenters. The standard InChI is InChI=1S/C7H6O2/c8-5-6-3-1-2-4-7(6)9/h1-3,8H,5H2/p+1. The van der Waals surface area contributed by atoms with Crippen LogP contribution in [0.25, 0.3) is 0 Å². The molecule has 46 valence electrons. The zero-order valence-corrected chi connectivity index (χ0v) is 4.83. The SMILES string of the molecule is OCC1=CC=C[C+]=C1O. The fourth-order valence-electron chi connectivity index (χ4n) is 0.591. The van der Waals surface area contributed by atoms with Crippen LogP contribution < -0.4 is 0 Å². The van der Waals surface area contributed by atoms with E-state index >= 15 is 0 Å². The highest BCUT2D eigenvalue weighted by atomic mass is 16.3. The summed E-state index contributed by atoms with van der Waals surface area (Å²) in [5.74, 6) is 0.0278. The maximum absolute atomic E-state index is 8.89. The molecule has 1 aliphatic rings. The summed E-state index contributed by atoms with van der Waals surface area (Å²) in [6, 6.07) is 0. The van der Waals surface area contributed by atoms with E-state index in [2.05, 4.69) is 6.08 Å². The topological polar surface area (TPSA) is 40.5 Å². The fourth-order valence-corrected chi connectivity index (χ4v) is 0.591. The van der Waals surface area contributed by atoms with Crippen LogP contribution in [0.15, 0.2) is 29.6 Å². The summed E-state index contributed by atoms with van der Waals surface area (Å²) >= 11 is 0. The summed E-state index contributed by atoms with van der Waals surface area (Å²) in [5.41, 5.74) is 0.512. The molecular formula is C7H7O2+. The van der Waals surface area contributed by atoms with E-state index in [9.17, 15) is 0 Å². The van der Waals surface area contributed by atoms with Crippen molar-refractivity contribution in [2.45, 2.75) is 0 Å². The van der Waals surface area contributed by atoms with Gasteiger partial charge in [0.1, 0.15) is 18.3 Å². The summed E-state index contributed by atoms with van der Waals surface area (Å²) in [7, 11) is 0. The van der Waals surface area contributed by atoms with Gasteiger partial charge in [-0.1, -0.05) is 0 Å². The molecule has 1 aliphatic carbocycles. The van der Waals surface area contributed by atoms with Gasteiger partial charge in [-0.15, -0.1) is 0 Å². The van der Waals surface area contributed by atoms with Crippen LogP contribution in [0.5, 0.6) is 0 Å². The molecule has 2 N–H and O–H groups in total. The maximum Gasteiger partial charge on any atom is 0.292 e. The van der Waals surface area contributed by atoms with Crippen LogP contribution in [0.1, 0.15) is 0 Å². The first-order valence-corrected chi connectivity index (χ1v) is 2.64. The molecule has 0 unspecified atom stereocenters. The molecule has 0 aromatic carbocycles. The molecule has 2 nitrogen and oxygen atoms in total. The molecule has 0 fully saturated rings. The lowest BCUT2D eigenvalue weighted by Crippen LogP contribution is -1.95. The van der Waals surface area contributed by atoms with Crippen molar-refractivity contribution in [1.82, 2.24) is 0 Å². The third-order valence-electron chi connectivity index (χ3n) is 1.09. The van der Waals surface area contributed by atoms with E-state index in [1.165, 1.54) is 0 Å². The monoisotopic (exact) mass is 123 g/mol. The van der Waals surface area contributed by atoms with Crippen LogP contribution in [0, 0.1) is 6.08 Å². The lowest BCUT2D eigenvalue weighted by atomic mass is 10.1. The Morgan fingerprint density at radius 2 is 2.33 bits per heavy atom. The van der Waals surface area contributed by atoms with Crippen molar-refractivity contribution in [3.63, 3.8) is 0 Å². The number of aliphatic hydroxyl groups is 2. The van der Waals surface area contributed by atoms with E-state index in [-0.39, 0.29) is 12.4 Å². The first kappa shape index (κ1) is 6.02. The second kappa shape index (κ2) is 2.44. The highest BCUT2D eigenvalue weighted by molar-refractivity contribution is 5.33. The van der Waals surface area contributed by atoms with E-state index in [0.717, 1.165) is 0 Å². The van der Waals surface area contributed by atoms with Gasteiger partial charge in [0, 0.05) is 6.08 Å². The second-order valence-electron chi connectivity index (χ2n) is 1.70. The van der Waals surface area contributed by atoms with Crippen molar-refractivity contribution in [3.8, 4) is 0 Å². The van der Waals surface area contributed by atoms with Crippen LogP contribution in [-0.2, 0) is 0 Å². The molecule has 0 bridgehead atoms. The Morgan fingerprint density at radius 3 is 2.78 bits per heavy atom. The highest BCUT2D eigenvalue weighted by Crippen LogP contribution is 2.08. The molecule has 9 heavy (non-hydrogen) atoms. The Bertz CT molecular complexity index is 187. The minimum atomic E-state index is -0.136. The van der Waals surface area contributed by atoms with Crippen LogP contribution in [-0.4, -0.2) is 16.8 Å². The van der Waals surface area contributed by atoms with E-state index in [1.807, 2.05) is 0 Å². The summed E-state index contributed by atoms with van der Waals surface area (Å²) in [6.45, 7) is -0.136. The minimum absolute atomic E-state index is 0.0278. The Balaban J connectivity index is 2.83. The van der Waals surface area contributed by atoms with Crippen molar-refractivity contribution < 1.29 is 10.2 Å². The van der Waals surface area contributed by atoms with Gasteiger partial charge in [0.15, 0.2) is 0 Å². The molecule has 0 saturated heterocycles. The average Bonchev–Trinajstić information content (AvgIpc) is 1.89. The number of aliphatic hydroxyl groups excluding tert-OH is 2. The molecule has 1 rings (SSSR count). The van der Waals surface area contributed by atoms with E-state index in [1.54, 1.807) is 18.2 Å². The predicted octanol–water partition coefficient (Wildman–Crippen LogP) is 0.720. The number of allylic oxidation sites excluding steroid dienone is 4. The van der Waals surface area contributed by atoms with Crippen molar-refractivity contribution >= 4 is 0 Å². The zero-order valence-electron chi connectivity index (χ0n) is 4.83. The van der Waals surface area contributed by atoms with E-state index < -0.39 is 0 Å². The van der Waals surface area contributed by atoms with Gasteiger partial charge in [0.25, 0.3) is 5.76 Å². The van der Waals surface area contributed by atoms with Gasteiger partial charge in [-0.2, -0.15) is 0 Å². The van der Waals surface area contributed by atoms with Gasteiger partial charge in [0.05, 0.1) is 12.2 Å². The van der Waals surface area contributed by atoms with Crippen molar-refractivity contribution in [2.75, 3.05) is 6.61 Å². The summed E-state index contributed by atoms with van der Waals surface area (Å²) in [6.07, 6.45) is 7.50. The van der Waals surface area contributed by atoms with Crippen molar-refractivity contribution in [3.05, 3.63) is 35.6 Å². The first-order valence-electron chi connectivity index (χ1n) is 2.64. The van der Waals surface area contributed by atoms with Crippen LogP contribution in [0.4, 0.5) is 0 Å². The third-order valence-corrected chi connectivity index (χ3v) is 1.09. The lowest BCUT2D eigenvalue weighted by molar-refractivity contribution is 0.313. The van der Waals surface area contributed by atoms with Crippen LogP contribution in [0.3, 0.4) is 0 Å². The van der Waals surface area contributed by atoms with Gasteiger partial charge in [-0.3, -0.25) is 0 Å². The van der Waals surface area contributed by atoms with Gasteiger partial charge in [0.2, 0.25) is 0 Å². The molecule has 2 heteroatoms. The zero-order chi connectivity index (χ0) is 6.69. The average molecular weight is 123 g/mol. The Morgan fingerprint density at radius 1 is 1.56 bits per heavy atom. The molecule has 0 aromatic rings. The summed E-state index contributed by atoms with van der Waals surface area (Å²) < 4.78 is 0. The normalized spacial score (nSPS) is 16.1. The van der Waals surface area contributed by atoms with E-state index in [0.29, 0.717) is 5.57 Å². The van der Waals surface area contributed by atoms with Gasteiger partial charge in [-0.05, 0) is 0 Å². The number of hydrogen-bond donors (Lipinski definition) is 2. The van der Waals surface area contributed by atoms with E-state index in [4.69, 9.17) is 10.2 Å². The number of hydrogen-bond acceptors (Lipinski definition) is 2. The van der Waals surface area contributed by atoms with Gasteiger partial charge >= 0.3 is 0 Å². The Kier molecular flexibility index (Phi) is 1.63. The lowest BCUT2D eigenvalue weighted by Gasteiger charge is -1.91.